The predicted octanol–water partition coefficient (Wildman–Crippen LogP) is 1.89. The molecule has 0 atom stereocenters. The molecule has 0 saturated carbocycles. The van der Waals surface area contributed by atoms with Gasteiger partial charge in [0.15, 0.2) is 0 Å². The van der Waals surface area contributed by atoms with Crippen molar-refractivity contribution in [1.29, 1.82) is 0 Å². The van der Waals surface area contributed by atoms with Crippen molar-refractivity contribution in [2.45, 2.75) is 13.8 Å². The lowest BCUT2D eigenvalue weighted by molar-refractivity contribution is 0.399. The fourth-order valence-corrected chi connectivity index (χ4v) is 0.507. The van der Waals surface area contributed by atoms with Crippen LogP contribution in [0.3, 0.4) is 0 Å². The van der Waals surface area contributed by atoms with Crippen molar-refractivity contribution in [3.8, 4) is 0 Å². The molecule has 12 heavy (non-hydrogen) atoms. The third-order valence-corrected chi connectivity index (χ3v) is 1.26. The van der Waals surface area contributed by atoms with Crippen molar-refractivity contribution in [2.24, 2.45) is 5.73 Å². The van der Waals surface area contributed by atoms with Crippen LogP contribution in [-0.4, -0.2) is 12.2 Å². The van der Waals surface area contributed by atoms with Crippen LogP contribution in [0.5, 0.6) is 0 Å². The first-order valence-electron chi connectivity index (χ1n) is 3.49. The minimum atomic E-state index is -0.294. The van der Waals surface area contributed by atoms with Gasteiger partial charge in [0.05, 0.1) is 0 Å². The molecule has 2 nitrogen and oxygen atoms in total. The van der Waals surface area contributed by atoms with Crippen molar-refractivity contribution >= 4 is 0 Å². The lowest BCUT2D eigenvalue weighted by Gasteiger charge is -1.98. The Morgan fingerprint density at radius 2 is 1.92 bits per heavy atom. The molecule has 0 radical (unpaired) electrons. The molecule has 70 valence electrons. The van der Waals surface area contributed by atoms with Crippen molar-refractivity contribution < 1.29 is 9.50 Å². The Hall–Kier alpha value is -1.09. The molecule has 0 spiro atoms. The van der Waals surface area contributed by atoms with Crippen LogP contribution >= 0.6 is 0 Å². The van der Waals surface area contributed by atoms with Gasteiger partial charge in [-0.2, -0.15) is 0 Å². The van der Waals surface area contributed by atoms with Gasteiger partial charge in [-0.25, -0.2) is 4.39 Å². The number of aliphatic hydroxyl groups is 1. The largest absolute Gasteiger partial charge is 0.400 e. The molecule has 0 rings (SSSR count). The lowest BCUT2D eigenvalue weighted by atomic mass is 10.2. The van der Waals surface area contributed by atoms with Crippen LogP contribution in [0.15, 0.2) is 35.8 Å². The van der Waals surface area contributed by atoms with E-state index in [-0.39, 0.29) is 5.83 Å². The molecule has 0 aromatic carbocycles. The van der Waals surface area contributed by atoms with E-state index in [1.807, 2.05) is 0 Å². The summed E-state index contributed by atoms with van der Waals surface area (Å²) in [4.78, 5) is 0. The van der Waals surface area contributed by atoms with Crippen molar-refractivity contribution in [3.05, 3.63) is 35.8 Å². The maximum atomic E-state index is 12.6. The Labute approximate surface area is 72.9 Å². The summed E-state index contributed by atoms with van der Waals surface area (Å²) >= 11 is 0. The first-order valence-corrected chi connectivity index (χ1v) is 3.49. The van der Waals surface area contributed by atoms with Gasteiger partial charge < -0.3 is 10.8 Å². The Kier molecular flexibility index (Phi) is 9.01. The number of allylic oxidation sites excluding steroid dienone is 4. The van der Waals surface area contributed by atoms with E-state index in [1.54, 1.807) is 13.8 Å². The molecular weight excluding hydrogens is 157 g/mol. The summed E-state index contributed by atoms with van der Waals surface area (Å²) in [7, 11) is 1.00. The second-order valence-electron chi connectivity index (χ2n) is 1.92. The molecular formula is C9H16FNO. The number of halogens is 1. The Balaban J connectivity index is 0. The van der Waals surface area contributed by atoms with Crippen LogP contribution in [0.2, 0.25) is 0 Å². The van der Waals surface area contributed by atoms with E-state index in [1.165, 1.54) is 12.2 Å². The summed E-state index contributed by atoms with van der Waals surface area (Å²) in [6, 6.07) is 0. The Morgan fingerprint density at radius 3 is 2.17 bits per heavy atom. The molecule has 3 heteroatoms. The summed E-state index contributed by atoms with van der Waals surface area (Å²) in [6.45, 7) is 6.66. The maximum Gasteiger partial charge on any atom is 0.123 e. The lowest BCUT2D eigenvalue weighted by Crippen LogP contribution is -1.97. The van der Waals surface area contributed by atoms with E-state index >= 15 is 0 Å². The highest BCUT2D eigenvalue weighted by atomic mass is 19.1. The molecule has 0 aliphatic heterocycles. The topological polar surface area (TPSA) is 46.2 Å². The summed E-state index contributed by atoms with van der Waals surface area (Å²) in [5.74, 6) is -0.294. The quantitative estimate of drug-likeness (QED) is 0.626. The molecule has 3 N–H and O–H groups in total. The van der Waals surface area contributed by atoms with E-state index in [0.717, 1.165) is 7.11 Å². The molecule has 0 aliphatic carbocycles. The highest BCUT2D eigenvalue weighted by Gasteiger charge is 1.98. The Morgan fingerprint density at radius 1 is 1.50 bits per heavy atom. The highest BCUT2D eigenvalue weighted by Crippen LogP contribution is 2.12. The number of hydrogen-bond donors (Lipinski definition) is 2. The highest BCUT2D eigenvalue weighted by molar-refractivity contribution is 5.31. The van der Waals surface area contributed by atoms with E-state index in [9.17, 15) is 4.39 Å². The zero-order valence-electron chi connectivity index (χ0n) is 7.76. The molecule has 0 aliphatic rings. The normalized spacial score (nSPS) is 12.6. The van der Waals surface area contributed by atoms with Gasteiger partial charge in [0.25, 0.3) is 0 Å². The second kappa shape index (κ2) is 8.01. The number of hydrogen-bond acceptors (Lipinski definition) is 2. The van der Waals surface area contributed by atoms with Crippen LogP contribution < -0.4 is 5.73 Å². The first kappa shape index (κ1) is 13.5. The minimum absolute atomic E-state index is 0.294. The zero-order chi connectivity index (χ0) is 10.1. The van der Waals surface area contributed by atoms with Gasteiger partial charge in [-0.3, -0.25) is 0 Å². The number of rotatable bonds is 2. The Bertz CT molecular complexity index is 195. The predicted molar refractivity (Wildman–Crippen MR) is 50.1 cm³/mol. The fourth-order valence-electron chi connectivity index (χ4n) is 0.507. The molecule has 0 heterocycles. The molecule has 0 fully saturated rings. The van der Waals surface area contributed by atoms with Crippen molar-refractivity contribution in [2.75, 3.05) is 7.11 Å². The zero-order valence-corrected chi connectivity index (χ0v) is 7.76. The molecule has 0 aromatic heterocycles. The fraction of sp³-hybridized carbons (Fsp3) is 0.333. The number of nitrogens with two attached hydrogens (primary N) is 1. The van der Waals surface area contributed by atoms with E-state index < -0.39 is 0 Å². The van der Waals surface area contributed by atoms with Gasteiger partial charge in [-0.1, -0.05) is 12.7 Å². The van der Waals surface area contributed by atoms with Gasteiger partial charge in [-0.15, -0.1) is 0 Å². The molecule has 0 amide bonds. The third-order valence-electron chi connectivity index (χ3n) is 1.26. The van der Waals surface area contributed by atoms with E-state index in [4.69, 9.17) is 10.8 Å². The van der Waals surface area contributed by atoms with Gasteiger partial charge in [0, 0.05) is 18.4 Å². The summed E-state index contributed by atoms with van der Waals surface area (Å²) in [6.07, 6.45) is 2.80. The van der Waals surface area contributed by atoms with Gasteiger partial charge >= 0.3 is 0 Å². The summed E-state index contributed by atoms with van der Waals surface area (Å²) in [5.41, 5.74) is 6.20. The smallest absolute Gasteiger partial charge is 0.123 e. The van der Waals surface area contributed by atoms with Crippen molar-refractivity contribution in [3.63, 3.8) is 0 Å². The van der Waals surface area contributed by atoms with E-state index in [2.05, 4.69) is 6.58 Å². The van der Waals surface area contributed by atoms with Gasteiger partial charge in [0.2, 0.25) is 0 Å². The van der Waals surface area contributed by atoms with Crippen LogP contribution in [-0.2, 0) is 0 Å². The van der Waals surface area contributed by atoms with Crippen molar-refractivity contribution in [1.82, 2.24) is 0 Å². The number of aliphatic hydroxyl groups excluding tert-OH is 1. The minimum Gasteiger partial charge on any atom is -0.400 e. The van der Waals surface area contributed by atoms with Gasteiger partial charge in [0.1, 0.15) is 5.83 Å². The maximum absolute atomic E-state index is 12.6. The summed E-state index contributed by atoms with van der Waals surface area (Å²) in [5, 5.41) is 7.00. The summed E-state index contributed by atoms with van der Waals surface area (Å²) < 4.78 is 12.6. The van der Waals surface area contributed by atoms with Crippen LogP contribution in [0.4, 0.5) is 4.39 Å². The average Bonchev–Trinajstić information content (AvgIpc) is 2.17. The van der Waals surface area contributed by atoms with Crippen LogP contribution in [0.25, 0.3) is 0 Å². The first-order chi connectivity index (χ1) is 5.63. The van der Waals surface area contributed by atoms with Gasteiger partial charge in [-0.05, 0) is 19.9 Å². The standard InChI is InChI=1S/C8H12FN.CH4O/c1-4-7(9)6(3)8(10)5-2;1-2/h4-5H,2,10H2,1,3H3;2H,1H3/b7-4+,8-6+;. The molecule has 0 saturated heterocycles. The van der Waals surface area contributed by atoms with Crippen LogP contribution in [0, 0.1) is 0 Å². The SMILES string of the molecule is C=C/C(N)=C(C)\C(F)=C/C.CO. The monoisotopic (exact) mass is 173 g/mol. The molecule has 0 unspecified atom stereocenters. The molecule has 0 aromatic rings. The molecule has 0 bridgehead atoms. The third kappa shape index (κ3) is 4.68. The van der Waals surface area contributed by atoms with Crippen LogP contribution in [0.1, 0.15) is 13.8 Å². The second-order valence-corrected chi connectivity index (χ2v) is 1.92. The van der Waals surface area contributed by atoms with E-state index in [0.29, 0.717) is 11.3 Å². The average molecular weight is 173 g/mol.